The zero-order valence-corrected chi connectivity index (χ0v) is 9.61. The van der Waals surface area contributed by atoms with E-state index in [2.05, 4.69) is 0 Å². The number of esters is 1. The highest BCUT2D eigenvalue weighted by Crippen LogP contribution is 2.07. The van der Waals surface area contributed by atoms with Crippen molar-refractivity contribution < 1.29 is 19.7 Å². The summed E-state index contributed by atoms with van der Waals surface area (Å²) in [5.74, 6) is -0.439. The Morgan fingerprint density at radius 2 is 1.73 bits per heavy atom. The van der Waals surface area contributed by atoms with E-state index in [0.29, 0.717) is 19.3 Å². The number of carbonyl (C=O) groups excluding carboxylic acids is 1. The van der Waals surface area contributed by atoms with Gasteiger partial charge in [0.15, 0.2) is 0 Å². The molecule has 2 N–H and O–H groups in total. The summed E-state index contributed by atoms with van der Waals surface area (Å²) in [5.41, 5.74) is 0. The number of carbonyl (C=O) groups is 1. The lowest BCUT2D eigenvalue weighted by atomic mass is 10.1. The molecule has 0 aliphatic heterocycles. The van der Waals surface area contributed by atoms with E-state index in [0.717, 1.165) is 12.8 Å². The van der Waals surface area contributed by atoms with Crippen LogP contribution in [0.5, 0.6) is 0 Å². The molecule has 4 heteroatoms. The lowest BCUT2D eigenvalue weighted by Crippen LogP contribution is -2.18. The van der Waals surface area contributed by atoms with Crippen LogP contribution in [0.4, 0.5) is 0 Å². The fourth-order valence-corrected chi connectivity index (χ4v) is 1.28. The van der Waals surface area contributed by atoms with Gasteiger partial charge in [0.2, 0.25) is 6.29 Å². The molecule has 0 aliphatic carbocycles. The molecular weight excluding hydrogens is 196 g/mol. The molecule has 0 bridgehead atoms. The number of hydrogen-bond acceptors (Lipinski definition) is 4. The second kappa shape index (κ2) is 8.68. The van der Waals surface area contributed by atoms with E-state index in [-0.39, 0.29) is 6.42 Å². The van der Waals surface area contributed by atoms with Gasteiger partial charge in [0.25, 0.3) is 0 Å². The molecule has 0 aromatic carbocycles. The van der Waals surface area contributed by atoms with Gasteiger partial charge in [0.1, 0.15) is 0 Å². The van der Waals surface area contributed by atoms with E-state index in [1.165, 1.54) is 0 Å². The van der Waals surface area contributed by atoms with Crippen molar-refractivity contribution in [3.8, 4) is 0 Å². The van der Waals surface area contributed by atoms with Gasteiger partial charge < -0.3 is 14.9 Å². The summed E-state index contributed by atoms with van der Waals surface area (Å²) in [6.45, 7) is 3.88. The number of aliphatic hydroxyl groups excluding tert-OH is 2. The zero-order chi connectivity index (χ0) is 11.7. The molecule has 0 aromatic rings. The SMILES string of the molecule is CCCC(O)CCC(=O)OC(O)CCC. The summed E-state index contributed by atoms with van der Waals surface area (Å²) in [6, 6.07) is 0. The van der Waals surface area contributed by atoms with Crippen LogP contribution in [0.2, 0.25) is 0 Å². The molecule has 0 spiro atoms. The topological polar surface area (TPSA) is 66.8 Å². The quantitative estimate of drug-likeness (QED) is 0.479. The Morgan fingerprint density at radius 1 is 1.13 bits per heavy atom. The fourth-order valence-electron chi connectivity index (χ4n) is 1.28. The predicted octanol–water partition coefficient (Wildman–Crippen LogP) is 1.59. The first-order chi connectivity index (χ1) is 7.10. The van der Waals surface area contributed by atoms with Crippen LogP contribution in [0.15, 0.2) is 0 Å². The monoisotopic (exact) mass is 218 g/mol. The predicted molar refractivity (Wildman–Crippen MR) is 57.2 cm³/mol. The molecule has 0 fully saturated rings. The van der Waals surface area contributed by atoms with Crippen LogP contribution >= 0.6 is 0 Å². The molecule has 0 aliphatic rings. The third-order valence-electron chi connectivity index (χ3n) is 2.11. The molecule has 90 valence electrons. The Hall–Kier alpha value is -0.610. The van der Waals surface area contributed by atoms with Gasteiger partial charge in [-0.15, -0.1) is 0 Å². The average molecular weight is 218 g/mol. The Labute approximate surface area is 91.3 Å². The molecular formula is C11H22O4. The second-order valence-electron chi connectivity index (χ2n) is 3.71. The molecule has 0 radical (unpaired) electrons. The summed E-state index contributed by atoms with van der Waals surface area (Å²) in [4.78, 5) is 11.1. The number of rotatable bonds is 8. The number of ether oxygens (including phenoxy) is 1. The van der Waals surface area contributed by atoms with Crippen LogP contribution in [0, 0.1) is 0 Å². The lowest BCUT2D eigenvalue weighted by Gasteiger charge is -2.12. The van der Waals surface area contributed by atoms with Gasteiger partial charge in [0.05, 0.1) is 6.10 Å². The highest BCUT2D eigenvalue weighted by Gasteiger charge is 2.12. The van der Waals surface area contributed by atoms with Crippen molar-refractivity contribution in [3.05, 3.63) is 0 Å². The minimum absolute atomic E-state index is 0.169. The maximum Gasteiger partial charge on any atom is 0.308 e. The van der Waals surface area contributed by atoms with Crippen molar-refractivity contribution >= 4 is 5.97 Å². The van der Waals surface area contributed by atoms with E-state index in [9.17, 15) is 15.0 Å². The standard InChI is InChI=1S/C11H22O4/c1-3-5-9(12)7-8-11(14)15-10(13)6-4-2/h9-10,12-13H,3-8H2,1-2H3. The molecule has 2 atom stereocenters. The second-order valence-corrected chi connectivity index (χ2v) is 3.71. The van der Waals surface area contributed by atoms with Crippen molar-refractivity contribution in [2.24, 2.45) is 0 Å². The van der Waals surface area contributed by atoms with E-state index >= 15 is 0 Å². The normalized spacial score (nSPS) is 14.7. The molecule has 15 heavy (non-hydrogen) atoms. The lowest BCUT2D eigenvalue weighted by molar-refractivity contribution is -0.169. The number of hydrogen-bond donors (Lipinski definition) is 2. The van der Waals surface area contributed by atoms with Crippen LogP contribution in [0.3, 0.4) is 0 Å². The maximum atomic E-state index is 11.1. The summed E-state index contributed by atoms with van der Waals surface area (Å²) in [6.07, 6.45) is 1.97. The summed E-state index contributed by atoms with van der Waals surface area (Å²) in [5, 5.41) is 18.5. The Morgan fingerprint density at radius 3 is 2.27 bits per heavy atom. The molecule has 0 amide bonds. The van der Waals surface area contributed by atoms with Gasteiger partial charge >= 0.3 is 5.97 Å². The summed E-state index contributed by atoms with van der Waals surface area (Å²) >= 11 is 0. The molecule has 0 aromatic heterocycles. The maximum absolute atomic E-state index is 11.1. The van der Waals surface area contributed by atoms with Gasteiger partial charge in [-0.3, -0.25) is 4.79 Å². The van der Waals surface area contributed by atoms with Gasteiger partial charge in [-0.2, -0.15) is 0 Å². The molecule has 2 unspecified atom stereocenters. The molecule has 0 saturated carbocycles. The largest absolute Gasteiger partial charge is 0.436 e. The summed E-state index contributed by atoms with van der Waals surface area (Å²) in [7, 11) is 0. The van der Waals surface area contributed by atoms with E-state index in [1.807, 2.05) is 13.8 Å². The van der Waals surface area contributed by atoms with E-state index in [4.69, 9.17) is 4.74 Å². The minimum Gasteiger partial charge on any atom is -0.436 e. The first-order valence-corrected chi connectivity index (χ1v) is 5.65. The molecule has 0 heterocycles. The number of aliphatic hydroxyl groups is 2. The first-order valence-electron chi connectivity index (χ1n) is 5.65. The van der Waals surface area contributed by atoms with Crippen molar-refractivity contribution in [1.82, 2.24) is 0 Å². The highest BCUT2D eigenvalue weighted by molar-refractivity contribution is 5.69. The van der Waals surface area contributed by atoms with Crippen molar-refractivity contribution in [3.63, 3.8) is 0 Å². The summed E-state index contributed by atoms with van der Waals surface area (Å²) < 4.78 is 4.72. The first kappa shape index (κ1) is 14.4. The van der Waals surface area contributed by atoms with E-state index in [1.54, 1.807) is 0 Å². The molecule has 4 nitrogen and oxygen atoms in total. The van der Waals surface area contributed by atoms with Crippen LogP contribution < -0.4 is 0 Å². The average Bonchev–Trinajstić information content (AvgIpc) is 2.15. The van der Waals surface area contributed by atoms with Crippen LogP contribution in [0.1, 0.15) is 52.4 Å². The zero-order valence-electron chi connectivity index (χ0n) is 9.61. The highest BCUT2D eigenvalue weighted by atomic mass is 16.6. The van der Waals surface area contributed by atoms with Gasteiger partial charge in [-0.05, 0) is 12.8 Å². The Kier molecular flexibility index (Phi) is 8.33. The van der Waals surface area contributed by atoms with Crippen molar-refractivity contribution in [1.29, 1.82) is 0 Å². The third kappa shape index (κ3) is 8.39. The van der Waals surface area contributed by atoms with Crippen molar-refractivity contribution in [2.45, 2.75) is 64.8 Å². The van der Waals surface area contributed by atoms with Gasteiger partial charge in [-0.25, -0.2) is 0 Å². The molecule has 0 saturated heterocycles. The molecule has 0 rings (SSSR count). The smallest absolute Gasteiger partial charge is 0.308 e. The van der Waals surface area contributed by atoms with Crippen LogP contribution in [-0.4, -0.2) is 28.6 Å². The Bertz CT molecular complexity index is 170. The Balaban J connectivity index is 3.56. The third-order valence-corrected chi connectivity index (χ3v) is 2.11. The van der Waals surface area contributed by atoms with Gasteiger partial charge in [-0.1, -0.05) is 26.7 Å². The van der Waals surface area contributed by atoms with Crippen molar-refractivity contribution in [2.75, 3.05) is 0 Å². The van der Waals surface area contributed by atoms with Crippen LogP contribution in [-0.2, 0) is 9.53 Å². The minimum atomic E-state index is -0.995. The van der Waals surface area contributed by atoms with Crippen LogP contribution in [0.25, 0.3) is 0 Å². The van der Waals surface area contributed by atoms with E-state index < -0.39 is 18.4 Å². The van der Waals surface area contributed by atoms with Gasteiger partial charge in [0, 0.05) is 12.8 Å². The fraction of sp³-hybridized carbons (Fsp3) is 0.909.